The Labute approximate surface area is 462 Å². The maximum absolute atomic E-state index is 13.0. The molecule has 1 aliphatic heterocycles. The van der Waals surface area contributed by atoms with Crippen LogP contribution in [0.5, 0.6) is 0 Å². The molecule has 1 amide bonds. The Hall–Kier alpha value is -2.11. The Morgan fingerprint density at radius 3 is 1.23 bits per heavy atom. The van der Waals surface area contributed by atoms with Gasteiger partial charge in [-0.15, -0.1) is 0 Å². The topological polar surface area (TPSA) is 149 Å². The lowest BCUT2D eigenvalue weighted by Gasteiger charge is -2.40. The number of aliphatic hydroxyl groups excluding tert-OH is 5. The number of nitrogens with one attached hydrogen (secondary N) is 1. The first kappa shape index (κ1) is 70.9. The number of aliphatic hydroxyl groups is 5. The highest BCUT2D eigenvalue weighted by atomic mass is 16.7. The van der Waals surface area contributed by atoms with E-state index in [0.717, 1.165) is 57.8 Å². The van der Waals surface area contributed by atoms with Crippen LogP contribution in [0, 0.1) is 0 Å². The third-order valence-corrected chi connectivity index (χ3v) is 15.0. The minimum absolute atomic E-state index is 0.188. The molecule has 1 rings (SSSR count). The summed E-state index contributed by atoms with van der Waals surface area (Å²) in [5.41, 5.74) is 0. The summed E-state index contributed by atoms with van der Waals surface area (Å²) in [4.78, 5) is 13.0. The SMILES string of the molecule is CCCCC/C=C/CC/C=C/CC/C=C/C(O)C(COC1OC(CO)C(O)C(O)C1O)NC(=O)CCCCCCCCCCCCCCCCCCCCCCCCCCCCC/C=C\C/C=C\CCCCCCC. The fourth-order valence-corrected chi connectivity index (χ4v) is 9.99. The maximum Gasteiger partial charge on any atom is 0.220 e. The molecule has 7 atom stereocenters. The summed E-state index contributed by atoms with van der Waals surface area (Å²) in [5, 5.41) is 54.4. The molecule has 0 saturated carbocycles. The van der Waals surface area contributed by atoms with Crippen LogP contribution < -0.4 is 5.32 Å². The van der Waals surface area contributed by atoms with Gasteiger partial charge in [0.1, 0.15) is 24.4 Å². The maximum atomic E-state index is 13.0. The first-order valence-electron chi connectivity index (χ1n) is 32.0. The third kappa shape index (κ3) is 44.4. The van der Waals surface area contributed by atoms with Crippen molar-refractivity contribution in [2.75, 3.05) is 13.2 Å². The molecular formula is C66H121NO8. The number of carbonyl (C=O) groups is 1. The van der Waals surface area contributed by atoms with Crippen molar-refractivity contribution < 1.29 is 39.8 Å². The summed E-state index contributed by atoms with van der Waals surface area (Å²) in [7, 11) is 0. The average Bonchev–Trinajstić information content (AvgIpc) is 3.41. The van der Waals surface area contributed by atoms with Crippen molar-refractivity contribution in [1.82, 2.24) is 5.32 Å². The summed E-state index contributed by atoms with van der Waals surface area (Å²) >= 11 is 0. The number of amides is 1. The number of ether oxygens (including phenoxy) is 2. The molecule has 0 aromatic heterocycles. The molecule has 0 aromatic rings. The zero-order chi connectivity index (χ0) is 54.3. The van der Waals surface area contributed by atoms with Crippen LogP contribution in [0.25, 0.3) is 0 Å². The van der Waals surface area contributed by atoms with Crippen LogP contribution in [0.1, 0.15) is 296 Å². The van der Waals surface area contributed by atoms with Gasteiger partial charge in [0.05, 0.1) is 25.4 Å². The molecule has 1 heterocycles. The zero-order valence-electron chi connectivity index (χ0n) is 48.8. The molecule has 6 N–H and O–H groups in total. The molecule has 438 valence electrons. The van der Waals surface area contributed by atoms with Gasteiger partial charge in [0.15, 0.2) is 6.29 Å². The molecule has 1 saturated heterocycles. The third-order valence-electron chi connectivity index (χ3n) is 15.0. The van der Waals surface area contributed by atoms with Crippen molar-refractivity contribution in [3.8, 4) is 0 Å². The molecule has 7 unspecified atom stereocenters. The Kier molecular flexibility index (Phi) is 52.2. The van der Waals surface area contributed by atoms with Gasteiger partial charge in [-0.2, -0.15) is 0 Å². The zero-order valence-corrected chi connectivity index (χ0v) is 48.8. The second kappa shape index (κ2) is 55.2. The Balaban J connectivity index is 2.04. The number of carbonyl (C=O) groups excluding carboxylic acids is 1. The summed E-state index contributed by atoms with van der Waals surface area (Å²) in [5.74, 6) is -0.188. The van der Waals surface area contributed by atoms with Crippen LogP contribution >= 0.6 is 0 Å². The molecule has 0 bridgehead atoms. The highest BCUT2D eigenvalue weighted by Gasteiger charge is 2.44. The predicted octanol–water partition coefficient (Wildman–Crippen LogP) is 16.6. The van der Waals surface area contributed by atoms with E-state index >= 15 is 0 Å². The molecule has 0 spiro atoms. The monoisotopic (exact) mass is 1060 g/mol. The van der Waals surface area contributed by atoms with Gasteiger partial charge in [0.2, 0.25) is 5.91 Å². The first-order chi connectivity index (χ1) is 36.8. The molecule has 0 aromatic carbocycles. The van der Waals surface area contributed by atoms with E-state index in [1.165, 1.54) is 218 Å². The van der Waals surface area contributed by atoms with E-state index < -0.39 is 49.5 Å². The van der Waals surface area contributed by atoms with Crippen LogP contribution in [-0.4, -0.2) is 87.5 Å². The van der Waals surface area contributed by atoms with Crippen molar-refractivity contribution in [3.05, 3.63) is 60.8 Å². The fraction of sp³-hybridized carbons (Fsp3) is 0.833. The number of hydrogen-bond donors (Lipinski definition) is 6. The van der Waals surface area contributed by atoms with Gasteiger partial charge in [0.25, 0.3) is 0 Å². The standard InChI is InChI=1S/C66H121NO8/c1-3-5-7-9-11-13-15-17-18-19-20-21-22-23-24-25-26-27-28-29-30-31-32-33-34-35-36-37-38-39-40-41-42-44-46-48-50-52-54-56-62(70)67-59(58-74-66-65(73)64(72)63(71)61(57-68)75-66)60(69)55-53-51-49-47-45-43-16-14-12-10-8-6-4-2/h12,14-15,17,19-20,45,47,53,55,59-61,63-66,68-69,71-73H,3-11,13,16,18,21-44,46,48-52,54,56-58H2,1-2H3,(H,67,70)/b14-12+,17-15-,20-19-,47-45+,55-53+. The van der Waals surface area contributed by atoms with Crippen LogP contribution in [0.2, 0.25) is 0 Å². The molecule has 9 nitrogen and oxygen atoms in total. The van der Waals surface area contributed by atoms with Crippen molar-refractivity contribution in [2.24, 2.45) is 0 Å². The number of rotatable bonds is 55. The normalized spacial score (nSPS) is 19.3. The number of unbranched alkanes of at least 4 members (excludes halogenated alkanes) is 37. The van der Waals surface area contributed by atoms with Gasteiger partial charge in [-0.1, -0.05) is 274 Å². The smallest absolute Gasteiger partial charge is 0.220 e. The van der Waals surface area contributed by atoms with Crippen LogP contribution in [0.3, 0.4) is 0 Å². The van der Waals surface area contributed by atoms with Gasteiger partial charge < -0.3 is 40.3 Å². The van der Waals surface area contributed by atoms with Gasteiger partial charge in [-0.3, -0.25) is 4.79 Å². The van der Waals surface area contributed by atoms with E-state index in [9.17, 15) is 30.3 Å². The van der Waals surface area contributed by atoms with E-state index in [4.69, 9.17) is 9.47 Å². The van der Waals surface area contributed by atoms with Crippen molar-refractivity contribution in [3.63, 3.8) is 0 Å². The lowest BCUT2D eigenvalue weighted by Crippen LogP contribution is -2.60. The first-order valence-corrected chi connectivity index (χ1v) is 32.0. The van der Waals surface area contributed by atoms with E-state index in [1.54, 1.807) is 6.08 Å². The minimum atomic E-state index is -1.57. The summed E-state index contributed by atoms with van der Waals surface area (Å²) in [6.45, 7) is 3.72. The summed E-state index contributed by atoms with van der Waals surface area (Å²) < 4.78 is 11.2. The molecule has 0 radical (unpaired) electrons. The molecule has 75 heavy (non-hydrogen) atoms. The molecule has 0 aliphatic carbocycles. The summed E-state index contributed by atoms with van der Waals surface area (Å²) in [6, 6.07) is -0.827. The molecule has 1 aliphatic rings. The van der Waals surface area contributed by atoms with Crippen molar-refractivity contribution >= 4 is 5.91 Å². The molecule has 1 fully saturated rings. The lowest BCUT2D eigenvalue weighted by atomic mass is 9.99. The second-order valence-corrected chi connectivity index (χ2v) is 22.2. The fourth-order valence-electron chi connectivity index (χ4n) is 9.99. The van der Waals surface area contributed by atoms with Gasteiger partial charge in [-0.05, 0) is 77.0 Å². The molecule has 9 heteroatoms. The molecular weight excluding hydrogens is 935 g/mol. The lowest BCUT2D eigenvalue weighted by molar-refractivity contribution is -0.302. The largest absolute Gasteiger partial charge is 0.394 e. The van der Waals surface area contributed by atoms with Gasteiger partial charge in [0, 0.05) is 6.42 Å². The van der Waals surface area contributed by atoms with Gasteiger partial charge in [-0.25, -0.2) is 0 Å². The van der Waals surface area contributed by atoms with E-state index in [0.29, 0.717) is 6.42 Å². The number of allylic oxidation sites excluding steroid dienone is 9. The predicted molar refractivity (Wildman–Crippen MR) is 318 cm³/mol. The van der Waals surface area contributed by atoms with Crippen LogP contribution in [-0.2, 0) is 14.3 Å². The second-order valence-electron chi connectivity index (χ2n) is 22.2. The quantitative estimate of drug-likeness (QED) is 0.0261. The van der Waals surface area contributed by atoms with E-state index in [-0.39, 0.29) is 12.5 Å². The highest BCUT2D eigenvalue weighted by molar-refractivity contribution is 5.76. The highest BCUT2D eigenvalue weighted by Crippen LogP contribution is 2.23. The average molecular weight is 1060 g/mol. The number of hydrogen-bond acceptors (Lipinski definition) is 8. The Morgan fingerprint density at radius 1 is 0.453 bits per heavy atom. The summed E-state index contributed by atoms with van der Waals surface area (Å²) in [6.07, 6.45) is 69.1. The Bertz CT molecular complexity index is 1360. The Morgan fingerprint density at radius 2 is 0.800 bits per heavy atom. The van der Waals surface area contributed by atoms with Crippen LogP contribution in [0.15, 0.2) is 60.8 Å². The van der Waals surface area contributed by atoms with E-state index in [2.05, 4.69) is 67.8 Å². The minimum Gasteiger partial charge on any atom is -0.394 e. The van der Waals surface area contributed by atoms with Crippen molar-refractivity contribution in [2.45, 2.75) is 339 Å². The van der Waals surface area contributed by atoms with Gasteiger partial charge >= 0.3 is 0 Å². The van der Waals surface area contributed by atoms with Crippen LogP contribution in [0.4, 0.5) is 0 Å². The van der Waals surface area contributed by atoms with E-state index in [1.807, 2.05) is 6.08 Å². The van der Waals surface area contributed by atoms with Crippen molar-refractivity contribution in [1.29, 1.82) is 0 Å².